The molecule has 0 heterocycles. The van der Waals surface area contributed by atoms with Gasteiger partial charge in [0.15, 0.2) is 0 Å². The summed E-state index contributed by atoms with van der Waals surface area (Å²) < 4.78 is 5.10. The highest BCUT2D eigenvalue weighted by Crippen LogP contribution is 2.30. The number of Topliss-reactive ketones (excluding diaryl/α,β-unsaturated/α-hetero) is 1. The summed E-state index contributed by atoms with van der Waals surface area (Å²) in [5, 5.41) is 12.4. The average molecular weight is 244 g/mol. The predicted molar refractivity (Wildman–Crippen MR) is 63.1 cm³/mol. The molecule has 0 aliphatic carbocycles. The highest BCUT2D eigenvalue weighted by molar-refractivity contribution is 6.33. The van der Waals surface area contributed by atoms with E-state index in [0.717, 1.165) is 0 Å². The van der Waals surface area contributed by atoms with Crippen LogP contribution in [-0.4, -0.2) is 24.5 Å². The van der Waals surface area contributed by atoms with Gasteiger partial charge in [0.05, 0.1) is 31.0 Å². The molecule has 0 unspecified atom stereocenters. The van der Waals surface area contributed by atoms with Crippen molar-refractivity contribution in [2.24, 2.45) is 0 Å². The Morgan fingerprint density at radius 2 is 2.25 bits per heavy atom. The van der Waals surface area contributed by atoms with Gasteiger partial charge in [0.25, 0.3) is 0 Å². The first-order valence-electron chi connectivity index (χ1n) is 4.79. The Morgan fingerprint density at radius 3 is 2.75 bits per heavy atom. The largest absolute Gasteiger partial charge is 0.496 e. The van der Waals surface area contributed by atoms with E-state index < -0.39 is 0 Å². The fourth-order valence-electron chi connectivity index (χ4n) is 1.26. The van der Waals surface area contributed by atoms with E-state index in [1.807, 2.05) is 0 Å². The van der Waals surface area contributed by atoms with Crippen molar-refractivity contribution in [2.75, 3.05) is 19.0 Å². The van der Waals surface area contributed by atoms with Crippen molar-refractivity contribution in [1.82, 2.24) is 0 Å². The number of benzene rings is 1. The molecule has 5 heteroatoms. The van der Waals surface area contributed by atoms with Crippen molar-refractivity contribution in [3.63, 3.8) is 0 Å². The molecule has 0 atom stereocenters. The molecular weight excluding hydrogens is 230 g/mol. The molecule has 0 bridgehead atoms. The van der Waals surface area contributed by atoms with Crippen LogP contribution in [0, 0.1) is 0 Å². The van der Waals surface area contributed by atoms with Crippen LogP contribution >= 0.6 is 11.6 Å². The van der Waals surface area contributed by atoms with Crippen molar-refractivity contribution in [2.45, 2.75) is 13.5 Å². The van der Waals surface area contributed by atoms with Gasteiger partial charge in [-0.05, 0) is 13.0 Å². The second kappa shape index (κ2) is 5.72. The van der Waals surface area contributed by atoms with Gasteiger partial charge in [0.2, 0.25) is 0 Å². The second-order valence-electron chi connectivity index (χ2n) is 3.36. The summed E-state index contributed by atoms with van der Waals surface area (Å²) in [5.74, 6) is 0.555. The van der Waals surface area contributed by atoms with Crippen LogP contribution in [0.25, 0.3) is 0 Å². The van der Waals surface area contributed by atoms with Crippen molar-refractivity contribution in [3.8, 4) is 5.75 Å². The molecule has 0 aromatic heterocycles. The van der Waals surface area contributed by atoms with Gasteiger partial charge in [0.1, 0.15) is 11.5 Å². The number of methoxy groups -OCH3 is 1. The number of ether oxygens (including phenoxy) is 1. The third-order valence-electron chi connectivity index (χ3n) is 2.07. The van der Waals surface area contributed by atoms with Crippen LogP contribution in [-0.2, 0) is 11.4 Å². The maximum Gasteiger partial charge on any atom is 0.148 e. The Bertz CT molecular complexity index is 393. The van der Waals surface area contributed by atoms with Crippen molar-refractivity contribution in [3.05, 3.63) is 22.7 Å². The van der Waals surface area contributed by atoms with E-state index in [0.29, 0.717) is 22.0 Å². The van der Waals surface area contributed by atoms with E-state index in [-0.39, 0.29) is 18.9 Å². The highest BCUT2D eigenvalue weighted by Gasteiger charge is 2.08. The van der Waals surface area contributed by atoms with Crippen LogP contribution in [0.5, 0.6) is 5.75 Å². The van der Waals surface area contributed by atoms with Gasteiger partial charge in [-0.15, -0.1) is 0 Å². The lowest BCUT2D eigenvalue weighted by Crippen LogP contribution is -2.10. The lowest BCUT2D eigenvalue weighted by molar-refractivity contribution is -0.115. The first-order chi connectivity index (χ1) is 7.58. The average Bonchev–Trinajstić information content (AvgIpc) is 2.26. The van der Waals surface area contributed by atoms with E-state index in [4.69, 9.17) is 21.4 Å². The second-order valence-corrected chi connectivity index (χ2v) is 3.76. The molecule has 0 amide bonds. The standard InChI is InChI=1S/C11H14ClNO3/c1-7(15)5-13-10-4-11(16-2)8(6-14)3-9(10)12/h3-4,13-14H,5-6H2,1-2H3. The maximum atomic E-state index is 10.8. The number of hydrogen-bond acceptors (Lipinski definition) is 4. The fourth-order valence-corrected chi connectivity index (χ4v) is 1.52. The lowest BCUT2D eigenvalue weighted by Gasteiger charge is -2.12. The van der Waals surface area contributed by atoms with Gasteiger partial charge in [-0.2, -0.15) is 0 Å². The molecule has 16 heavy (non-hydrogen) atoms. The molecule has 1 aromatic rings. The van der Waals surface area contributed by atoms with Crippen LogP contribution in [0.4, 0.5) is 5.69 Å². The van der Waals surface area contributed by atoms with E-state index in [9.17, 15) is 4.79 Å². The Morgan fingerprint density at radius 1 is 1.56 bits per heavy atom. The third-order valence-corrected chi connectivity index (χ3v) is 2.38. The zero-order valence-electron chi connectivity index (χ0n) is 9.21. The van der Waals surface area contributed by atoms with Crippen LogP contribution < -0.4 is 10.1 Å². The summed E-state index contributed by atoms with van der Waals surface area (Å²) in [5.41, 5.74) is 1.23. The monoisotopic (exact) mass is 243 g/mol. The summed E-state index contributed by atoms with van der Waals surface area (Å²) >= 11 is 5.98. The number of aliphatic hydroxyl groups is 1. The Kier molecular flexibility index (Phi) is 4.58. The van der Waals surface area contributed by atoms with Gasteiger partial charge in [0, 0.05) is 11.6 Å². The fraction of sp³-hybridized carbons (Fsp3) is 0.364. The van der Waals surface area contributed by atoms with Crippen molar-refractivity contribution >= 4 is 23.1 Å². The predicted octanol–water partition coefficient (Wildman–Crippen LogP) is 1.84. The van der Waals surface area contributed by atoms with Gasteiger partial charge < -0.3 is 15.2 Å². The Hall–Kier alpha value is -1.26. The number of halogens is 1. The number of nitrogens with one attached hydrogen (secondary N) is 1. The van der Waals surface area contributed by atoms with E-state index in [1.54, 1.807) is 12.1 Å². The zero-order valence-corrected chi connectivity index (χ0v) is 9.97. The lowest BCUT2D eigenvalue weighted by atomic mass is 10.2. The molecule has 0 radical (unpaired) electrons. The van der Waals surface area contributed by atoms with Crippen LogP contribution in [0.1, 0.15) is 12.5 Å². The number of carbonyl (C=O) groups is 1. The zero-order chi connectivity index (χ0) is 12.1. The topological polar surface area (TPSA) is 58.6 Å². The highest BCUT2D eigenvalue weighted by atomic mass is 35.5. The number of anilines is 1. The van der Waals surface area contributed by atoms with Crippen molar-refractivity contribution in [1.29, 1.82) is 0 Å². The number of ketones is 1. The van der Waals surface area contributed by atoms with E-state index in [1.165, 1.54) is 14.0 Å². The summed E-state index contributed by atoms with van der Waals surface area (Å²) in [6.07, 6.45) is 0. The minimum atomic E-state index is -0.143. The summed E-state index contributed by atoms with van der Waals surface area (Å²) in [6.45, 7) is 1.55. The van der Waals surface area contributed by atoms with Gasteiger partial charge in [-0.25, -0.2) is 0 Å². The summed E-state index contributed by atoms with van der Waals surface area (Å²) in [4.78, 5) is 10.8. The molecule has 1 aromatic carbocycles. The number of aliphatic hydroxyl groups excluding tert-OH is 1. The van der Waals surface area contributed by atoms with Crippen LogP contribution in [0.2, 0.25) is 5.02 Å². The molecule has 0 saturated carbocycles. The molecule has 88 valence electrons. The first-order valence-corrected chi connectivity index (χ1v) is 5.17. The molecule has 0 fully saturated rings. The minimum absolute atomic E-state index is 0.0151. The maximum absolute atomic E-state index is 10.8. The number of hydrogen-bond donors (Lipinski definition) is 2. The van der Waals surface area contributed by atoms with Crippen molar-refractivity contribution < 1.29 is 14.6 Å². The molecule has 0 aliphatic heterocycles. The summed E-state index contributed by atoms with van der Waals surface area (Å²) in [7, 11) is 1.51. The Balaban J connectivity index is 2.96. The molecular formula is C11H14ClNO3. The van der Waals surface area contributed by atoms with E-state index in [2.05, 4.69) is 5.32 Å². The molecule has 2 N–H and O–H groups in total. The molecule has 0 saturated heterocycles. The van der Waals surface area contributed by atoms with Gasteiger partial charge >= 0.3 is 0 Å². The van der Waals surface area contributed by atoms with Crippen LogP contribution in [0.3, 0.4) is 0 Å². The van der Waals surface area contributed by atoms with Gasteiger partial charge in [-0.3, -0.25) is 4.79 Å². The molecule has 4 nitrogen and oxygen atoms in total. The minimum Gasteiger partial charge on any atom is -0.496 e. The number of rotatable bonds is 5. The smallest absolute Gasteiger partial charge is 0.148 e. The van der Waals surface area contributed by atoms with Crippen LogP contribution in [0.15, 0.2) is 12.1 Å². The van der Waals surface area contributed by atoms with Gasteiger partial charge in [-0.1, -0.05) is 11.6 Å². The van der Waals surface area contributed by atoms with E-state index >= 15 is 0 Å². The summed E-state index contributed by atoms with van der Waals surface area (Å²) in [6, 6.07) is 3.28. The number of carbonyl (C=O) groups excluding carboxylic acids is 1. The molecule has 1 rings (SSSR count). The SMILES string of the molecule is COc1cc(NCC(C)=O)c(Cl)cc1CO. The molecule has 0 aliphatic rings. The molecule has 0 spiro atoms. The Labute approximate surface area is 99.2 Å². The normalized spacial score (nSPS) is 10.0. The third kappa shape index (κ3) is 3.12. The quantitative estimate of drug-likeness (QED) is 0.829. The first kappa shape index (κ1) is 12.8.